The van der Waals surface area contributed by atoms with Crippen molar-refractivity contribution in [3.05, 3.63) is 113 Å². The van der Waals surface area contributed by atoms with E-state index in [0.29, 0.717) is 56.3 Å². The average molecular weight is 852 g/mol. The highest BCUT2D eigenvalue weighted by Gasteiger charge is 2.65. The number of hydrogen-bond acceptors (Lipinski definition) is 9. The number of hydrogen-bond donors (Lipinski definition) is 2. The number of aliphatic hydroxyl groups excluding tert-OH is 2. The van der Waals surface area contributed by atoms with E-state index in [-0.39, 0.29) is 55.8 Å². The number of carbonyl (C=O) groups excluding carboxylic acids is 1. The van der Waals surface area contributed by atoms with E-state index in [9.17, 15) is 14.6 Å². The Bertz CT molecular complexity index is 2020. The number of fused-ring (bicyclic) bond motifs is 2. The number of amides is 1. The summed E-state index contributed by atoms with van der Waals surface area (Å²) < 4.78 is 35.4. The van der Waals surface area contributed by atoms with Gasteiger partial charge in [0, 0.05) is 49.8 Å². The summed E-state index contributed by atoms with van der Waals surface area (Å²) >= 11 is 0. The van der Waals surface area contributed by atoms with Crippen molar-refractivity contribution in [2.24, 2.45) is 28.8 Å². The molecule has 2 N–H and O–H groups in total. The van der Waals surface area contributed by atoms with Crippen molar-refractivity contribution < 1.29 is 38.4 Å². The van der Waals surface area contributed by atoms with Crippen LogP contribution in [0.4, 0.5) is 4.39 Å². The normalized spacial score (nSPS) is 24.8. The molecule has 1 aliphatic heterocycles. The number of halogens is 1. The summed E-state index contributed by atoms with van der Waals surface area (Å²) in [6.07, 6.45) is 14.9. The van der Waals surface area contributed by atoms with Gasteiger partial charge in [-0.2, -0.15) is 0 Å². The Kier molecular flexibility index (Phi) is 15.9. The standard InChI is InChI=1S/C51H66FN3O7/c1-4-29-60-51-47(55(33-37-19-22-39(52)23-20-37)48(58)26-21-36-14-6-7-15-36)32-45(54-61-5-2)43-30-38(16-8-10-27-56)42(18-9-11-28-57)49(50(43)51)44-31-41(24-25-46(44)62-51)59-34-40-17-12-13-35(3)53-40/h4,12-13,17,19-20,22-25,30-31,36,38,42,47,49-50,56-57H,1,5-11,14-16,18,21,26-29,32-34H2,2-3H3/t38-,42+,47-,49+,50+,51+/m0/s1. The van der Waals surface area contributed by atoms with Crippen molar-refractivity contribution in [1.82, 2.24) is 9.88 Å². The zero-order valence-electron chi connectivity index (χ0n) is 36.7. The van der Waals surface area contributed by atoms with Gasteiger partial charge in [0.25, 0.3) is 0 Å². The molecule has 4 aliphatic rings. The zero-order valence-corrected chi connectivity index (χ0v) is 36.7. The van der Waals surface area contributed by atoms with Gasteiger partial charge in [0.2, 0.25) is 11.7 Å². The van der Waals surface area contributed by atoms with Crippen LogP contribution < -0.4 is 9.47 Å². The molecule has 7 rings (SSSR count). The minimum Gasteiger partial charge on any atom is -0.487 e. The fraction of sp³-hybridized carbons (Fsp3) is 0.549. The molecule has 2 heterocycles. The molecule has 3 aromatic rings. The van der Waals surface area contributed by atoms with Crippen molar-refractivity contribution in [3.8, 4) is 11.5 Å². The third kappa shape index (κ3) is 10.4. The first-order chi connectivity index (χ1) is 30.3. The van der Waals surface area contributed by atoms with Crippen LogP contribution >= 0.6 is 0 Å². The van der Waals surface area contributed by atoms with Crippen molar-refractivity contribution in [3.63, 3.8) is 0 Å². The Morgan fingerprint density at radius 2 is 1.81 bits per heavy atom. The van der Waals surface area contributed by atoms with Gasteiger partial charge in [-0.1, -0.05) is 74.0 Å². The number of aryl methyl sites for hydroxylation is 1. The lowest BCUT2D eigenvalue weighted by Gasteiger charge is -2.60. The predicted molar refractivity (Wildman–Crippen MR) is 238 cm³/mol. The summed E-state index contributed by atoms with van der Waals surface area (Å²) in [6.45, 7) is 9.22. The number of unbranched alkanes of at least 4 members (excludes halogenated alkanes) is 2. The van der Waals surface area contributed by atoms with Gasteiger partial charge in [0.15, 0.2) is 0 Å². The summed E-state index contributed by atoms with van der Waals surface area (Å²) in [4.78, 5) is 27.5. The Morgan fingerprint density at radius 3 is 2.53 bits per heavy atom. The Balaban J connectivity index is 1.41. The van der Waals surface area contributed by atoms with Gasteiger partial charge in [0.1, 0.15) is 36.6 Å². The van der Waals surface area contributed by atoms with Crippen LogP contribution in [0.15, 0.2) is 90.1 Å². The Morgan fingerprint density at radius 1 is 1.03 bits per heavy atom. The van der Waals surface area contributed by atoms with Gasteiger partial charge in [-0.15, -0.1) is 6.58 Å². The van der Waals surface area contributed by atoms with Crippen LogP contribution in [0.1, 0.15) is 119 Å². The van der Waals surface area contributed by atoms with Gasteiger partial charge in [0.05, 0.1) is 23.9 Å². The number of benzene rings is 2. The number of oxime groups is 1. The molecule has 0 unspecified atom stereocenters. The maximum atomic E-state index is 15.0. The molecule has 10 nitrogen and oxygen atoms in total. The first kappa shape index (κ1) is 45.4. The highest BCUT2D eigenvalue weighted by atomic mass is 19.1. The van der Waals surface area contributed by atoms with E-state index in [2.05, 4.69) is 23.7 Å². The number of aromatic nitrogens is 1. The molecule has 11 heteroatoms. The molecule has 1 amide bonds. The molecule has 62 heavy (non-hydrogen) atoms. The lowest BCUT2D eigenvalue weighted by Crippen LogP contribution is -2.70. The second kappa shape index (κ2) is 21.7. The zero-order chi connectivity index (χ0) is 43.5. The second-order valence-corrected chi connectivity index (χ2v) is 17.6. The first-order valence-electron chi connectivity index (χ1n) is 23.1. The highest BCUT2D eigenvalue weighted by Crippen LogP contribution is 2.62. The predicted octanol–water partition coefficient (Wildman–Crippen LogP) is 9.76. The van der Waals surface area contributed by atoms with Crippen molar-refractivity contribution >= 4 is 11.6 Å². The van der Waals surface area contributed by atoms with E-state index in [0.717, 1.165) is 78.7 Å². The topological polar surface area (TPSA) is 123 Å². The molecule has 2 saturated carbocycles. The van der Waals surface area contributed by atoms with Gasteiger partial charge in [-0.3, -0.25) is 9.78 Å². The number of ether oxygens (including phenoxy) is 3. The molecule has 6 atom stereocenters. The van der Waals surface area contributed by atoms with E-state index in [4.69, 9.17) is 24.2 Å². The highest BCUT2D eigenvalue weighted by molar-refractivity contribution is 6.03. The lowest BCUT2D eigenvalue weighted by atomic mass is 9.55. The summed E-state index contributed by atoms with van der Waals surface area (Å²) in [5.41, 5.74) is 5.28. The number of carbonyl (C=O) groups is 1. The average Bonchev–Trinajstić information content (AvgIpc) is 3.81. The van der Waals surface area contributed by atoms with Crippen molar-refractivity contribution in [1.29, 1.82) is 0 Å². The molecule has 2 fully saturated rings. The molecule has 334 valence electrons. The van der Waals surface area contributed by atoms with Crippen LogP contribution in [-0.4, -0.2) is 70.0 Å². The van der Waals surface area contributed by atoms with Crippen molar-refractivity contribution in [2.45, 2.75) is 128 Å². The maximum Gasteiger partial charge on any atom is 0.239 e. The first-order valence-corrected chi connectivity index (χ1v) is 23.1. The fourth-order valence-corrected chi connectivity index (χ4v) is 10.6. The number of aliphatic hydroxyl groups is 2. The number of pyridine rings is 1. The monoisotopic (exact) mass is 851 g/mol. The lowest BCUT2D eigenvalue weighted by molar-refractivity contribution is -0.258. The molecule has 0 bridgehead atoms. The molecule has 3 aliphatic carbocycles. The summed E-state index contributed by atoms with van der Waals surface area (Å²) in [6, 6.07) is 17.6. The smallest absolute Gasteiger partial charge is 0.239 e. The second-order valence-electron chi connectivity index (χ2n) is 17.6. The van der Waals surface area contributed by atoms with Gasteiger partial charge >= 0.3 is 0 Å². The van der Waals surface area contributed by atoms with Crippen LogP contribution in [0.3, 0.4) is 0 Å². The van der Waals surface area contributed by atoms with Gasteiger partial charge in [-0.05, 0) is 117 Å². The molecular formula is C51H66FN3O7. The molecule has 0 radical (unpaired) electrons. The number of allylic oxidation sites excluding steroid dienone is 1. The summed E-state index contributed by atoms with van der Waals surface area (Å²) in [5.74, 6) is -0.310. The fourth-order valence-electron chi connectivity index (χ4n) is 10.6. The summed E-state index contributed by atoms with van der Waals surface area (Å²) in [7, 11) is 0. The number of rotatable bonds is 22. The Labute approximate surface area is 367 Å². The van der Waals surface area contributed by atoms with E-state index >= 15 is 4.79 Å². The molecular weight excluding hydrogens is 786 g/mol. The number of nitrogens with zero attached hydrogens (tertiary/aromatic N) is 3. The molecule has 1 aromatic heterocycles. The van der Waals surface area contributed by atoms with E-state index in [1.54, 1.807) is 18.2 Å². The van der Waals surface area contributed by atoms with Crippen LogP contribution in [0.2, 0.25) is 0 Å². The SMILES string of the molecule is C=CCO[C@@]12Oc3ccc(OCc4cccc(C)n4)cc3[C@H]3[C@H](CCCCO)[C@@H](CCCCO)C=C(C(=NOCC)C[C@@H]1N(Cc1ccc(F)cc1)C(=O)CCC1CCCC1)[C@H]32. The minimum atomic E-state index is -1.38. The van der Waals surface area contributed by atoms with Gasteiger partial charge < -0.3 is 34.2 Å². The largest absolute Gasteiger partial charge is 0.487 e. The van der Waals surface area contributed by atoms with E-state index < -0.39 is 17.7 Å². The van der Waals surface area contributed by atoms with Crippen molar-refractivity contribution in [2.75, 3.05) is 26.4 Å². The third-order valence-electron chi connectivity index (χ3n) is 13.5. The molecule has 0 saturated heterocycles. The third-order valence-corrected chi connectivity index (χ3v) is 13.5. The molecule has 2 aromatic carbocycles. The maximum absolute atomic E-state index is 15.0. The van der Waals surface area contributed by atoms with Crippen LogP contribution in [0.5, 0.6) is 11.5 Å². The summed E-state index contributed by atoms with van der Waals surface area (Å²) in [5, 5.41) is 24.7. The van der Waals surface area contributed by atoms with E-state index in [1.165, 1.54) is 25.0 Å². The minimum absolute atomic E-state index is 0.00682. The van der Waals surface area contributed by atoms with Gasteiger partial charge in [-0.25, -0.2) is 4.39 Å². The molecule has 0 spiro atoms. The van der Waals surface area contributed by atoms with Crippen LogP contribution in [0, 0.1) is 36.4 Å². The van der Waals surface area contributed by atoms with Crippen LogP contribution in [-0.2, 0) is 27.5 Å². The Hall–Kier alpha value is -4.58. The quantitative estimate of drug-likeness (QED) is 0.0582. The van der Waals surface area contributed by atoms with Crippen LogP contribution in [0.25, 0.3) is 0 Å². The van der Waals surface area contributed by atoms with E-state index in [1.807, 2.05) is 49.1 Å².